The fourth-order valence-corrected chi connectivity index (χ4v) is 11.7. The maximum absolute atomic E-state index is 14.8. The summed E-state index contributed by atoms with van der Waals surface area (Å²) in [6, 6.07) is 18.7. The van der Waals surface area contributed by atoms with Crippen molar-refractivity contribution in [2.75, 3.05) is 39.5 Å². The molecule has 0 aliphatic carbocycles. The van der Waals surface area contributed by atoms with Gasteiger partial charge in [-0.05, 0) is 121 Å². The van der Waals surface area contributed by atoms with Crippen molar-refractivity contribution >= 4 is 75.2 Å². The molecule has 24 heteroatoms. The van der Waals surface area contributed by atoms with E-state index in [1.807, 2.05) is 64.1 Å². The minimum absolute atomic E-state index is 0.0108. The number of rotatable bonds is 31. The monoisotopic (exact) mass is 1320 g/mol. The highest BCUT2D eigenvalue weighted by Crippen LogP contribution is 2.33. The van der Waals surface area contributed by atoms with Crippen molar-refractivity contribution < 1.29 is 65.8 Å². The molecule has 1 heterocycles. The number of ether oxygens (including phenoxy) is 2. The zero-order chi connectivity index (χ0) is 70.7. The van der Waals surface area contributed by atoms with Gasteiger partial charge < -0.3 is 40.5 Å². The van der Waals surface area contributed by atoms with Crippen LogP contribution in [0, 0.1) is 11.3 Å². The number of nitrogens with one attached hydrogen (secondary N) is 5. The summed E-state index contributed by atoms with van der Waals surface area (Å²) in [6.07, 6.45) is 5.12. The van der Waals surface area contributed by atoms with Crippen molar-refractivity contribution in [1.29, 1.82) is 0 Å². The second kappa shape index (κ2) is 34.1. The van der Waals surface area contributed by atoms with Gasteiger partial charge in [-0.2, -0.15) is 0 Å². The van der Waals surface area contributed by atoms with Crippen LogP contribution in [-0.2, 0) is 75.4 Å². The topological polar surface area (TPSA) is 296 Å². The molecule has 94 heavy (non-hydrogen) atoms. The Kier molecular flexibility index (Phi) is 28.3. The largest absolute Gasteiger partial charge is 0.444 e. The fourth-order valence-electron chi connectivity index (χ4n) is 10.5. The lowest BCUT2D eigenvalue weighted by atomic mass is 9.76. The maximum atomic E-state index is 14.8. The highest BCUT2D eigenvalue weighted by molar-refractivity contribution is 7.89. The van der Waals surface area contributed by atoms with Crippen molar-refractivity contribution in [3.63, 3.8) is 0 Å². The van der Waals surface area contributed by atoms with Crippen LogP contribution in [0.5, 0.6) is 0 Å². The Bertz CT molecular complexity index is 3300. The first-order valence-electron chi connectivity index (χ1n) is 31.9. The molecule has 4 rings (SSSR count). The van der Waals surface area contributed by atoms with Gasteiger partial charge >= 0.3 is 12.2 Å². The molecule has 0 fully saturated rings. The number of imide groups is 1. The number of sulfonamides is 1. The van der Waals surface area contributed by atoms with Crippen LogP contribution in [0.4, 0.5) is 15.3 Å². The van der Waals surface area contributed by atoms with E-state index in [0.717, 1.165) is 16.0 Å². The summed E-state index contributed by atoms with van der Waals surface area (Å²) in [4.78, 5) is 141. The average molecular weight is 1320 g/mol. The standard InChI is InChI=1S/C70H101N9O14S/c1-46(2)54(77(16)64(87)58(67(4,5)6)74-63(86)59(78(17)66(89)93-69(10,11)12)70(13,14)50-31-23-19-24-32-50)43-47(3)60(83)75-94(90,91)45-49-35-37-51(38-36-49)71-61(84)52(33-26-28-41-76(15)65(88)92-68(7,8)9)73-62(85)53(44-48-29-21-18-22-30-48)72-55(80)34-25-20-27-42-79-56(81)39-40-57(79)82/h18-19,21-24,29-32,35-40,43,46,52-54,58-59H,20,25-28,33-34,41-42,44-45H2,1-17H3,(H,71,84)(H,72,80)(H,73,85)(H,74,86)(H,75,83)/b47-43+. The van der Waals surface area contributed by atoms with Gasteiger partial charge in [-0.25, -0.2) is 22.7 Å². The molecule has 0 spiro atoms. The Morgan fingerprint density at radius 1 is 0.617 bits per heavy atom. The van der Waals surface area contributed by atoms with E-state index in [2.05, 4.69) is 26.0 Å². The van der Waals surface area contributed by atoms with Gasteiger partial charge in [0.1, 0.15) is 35.4 Å². The third kappa shape index (κ3) is 24.8. The molecule has 0 radical (unpaired) electrons. The molecule has 5 unspecified atom stereocenters. The molecule has 516 valence electrons. The minimum atomic E-state index is -4.36. The smallest absolute Gasteiger partial charge is 0.410 e. The van der Waals surface area contributed by atoms with Crippen LogP contribution in [0.3, 0.4) is 0 Å². The molecule has 23 nitrogen and oxygen atoms in total. The highest BCUT2D eigenvalue weighted by atomic mass is 32.2. The number of amides is 10. The van der Waals surface area contributed by atoms with Gasteiger partial charge in [0.15, 0.2) is 0 Å². The Hall–Kier alpha value is -8.41. The van der Waals surface area contributed by atoms with Crippen LogP contribution in [-0.4, -0.2) is 163 Å². The predicted molar refractivity (Wildman–Crippen MR) is 361 cm³/mol. The Balaban J connectivity index is 1.49. The molecule has 0 saturated carbocycles. The van der Waals surface area contributed by atoms with E-state index in [0.29, 0.717) is 32.1 Å². The van der Waals surface area contributed by atoms with Crippen LogP contribution in [0.1, 0.15) is 159 Å². The third-order valence-electron chi connectivity index (χ3n) is 15.7. The van der Waals surface area contributed by atoms with Gasteiger partial charge in [-0.15, -0.1) is 0 Å². The Morgan fingerprint density at radius 2 is 1.18 bits per heavy atom. The summed E-state index contributed by atoms with van der Waals surface area (Å²) in [5.74, 6) is -5.46. The van der Waals surface area contributed by atoms with Crippen molar-refractivity contribution in [3.05, 3.63) is 125 Å². The number of hydrogen-bond donors (Lipinski definition) is 5. The molecule has 5 atom stereocenters. The molecule has 0 aromatic heterocycles. The van der Waals surface area contributed by atoms with Crippen LogP contribution < -0.4 is 26.0 Å². The Labute approximate surface area is 556 Å². The molecule has 10 amide bonds. The number of unbranched alkanes of at least 4 members (excludes halogenated alkanes) is 3. The van der Waals surface area contributed by atoms with Gasteiger partial charge in [-0.3, -0.25) is 48.2 Å². The lowest BCUT2D eigenvalue weighted by molar-refractivity contribution is -0.142. The zero-order valence-corrected chi connectivity index (χ0v) is 58.8. The molecule has 3 aromatic rings. The third-order valence-corrected chi connectivity index (χ3v) is 16.9. The molecule has 0 bridgehead atoms. The summed E-state index contributed by atoms with van der Waals surface area (Å²) < 4.78 is 40.6. The van der Waals surface area contributed by atoms with Gasteiger partial charge in [0.05, 0.1) is 11.8 Å². The normalized spacial score (nSPS) is 14.6. The fraction of sp³-hybridized carbons (Fsp3) is 0.543. The van der Waals surface area contributed by atoms with Crippen LogP contribution in [0.25, 0.3) is 0 Å². The van der Waals surface area contributed by atoms with Crippen LogP contribution in [0.15, 0.2) is 109 Å². The quantitative estimate of drug-likeness (QED) is 0.0229. The number of anilines is 1. The average Bonchev–Trinajstić information content (AvgIpc) is 0.916. The molecule has 3 aromatic carbocycles. The van der Waals surface area contributed by atoms with E-state index >= 15 is 0 Å². The number of benzene rings is 3. The summed E-state index contributed by atoms with van der Waals surface area (Å²) in [6.45, 7) is 25.0. The second-order valence-corrected chi connectivity index (χ2v) is 29.8. The van der Waals surface area contributed by atoms with Gasteiger partial charge in [0.2, 0.25) is 39.6 Å². The summed E-state index contributed by atoms with van der Waals surface area (Å²) in [7, 11) is 0.251. The summed E-state index contributed by atoms with van der Waals surface area (Å²) in [5.41, 5.74) is -1.48. The van der Waals surface area contributed by atoms with Gasteiger partial charge in [0, 0.05) is 75.9 Å². The summed E-state index contributed by atoms with van der Waals surface area (Å²) in [5, 5.41) is 11.5. The van der Waals surface area contributed by atoms with E-state index in [9.17, 15) is 56.4 Å². The van der Waals surface area contributed by atoms with Crippen molar-refractivity contribution in [3.8, 4) is 0 Å². The number of carbonyl (C=O) groups excluding carboxylic acids is 10. The van der Waals surface area contributed by atoms with Crippen LogP contribution in [0.2, 0.25) is 0 Å². The lowest BCUT2D eigenvalue weighted by Crippen LogP contribution is -2.63. The minimum Gasteiger partial charge on any atom is -0.444 e. The molecular formula is C70H101N9O14S. The summed E-state index contributed by atoms with van der Waals surface area (Å²) >= 11 is 0. The first-order chi connectivity index (χ1) is 43.6. The zero-order valence-electron chi connectivity index (χ0n) is 58.0. The van der Waals surface area contributed by atoms with Crippen molar-refractivity contribution in [2.45, 2.75) is 201 Å². The Morgan fingerprint density at radius 3 is 1.73 bits per heavy atom. The molecule has 1 aliphatic rings. The number of likely N-dealkylation sites (N-methyl/N-ethyl adjacent to an activating group) is 2. The first kappa shape index (κ1) is 78.0. The number of hydrogen-bond acceptors (Lipinski definition) is 14. The van der Waals surface area contributed by atoms with E-state index in [1.165, 1.54) is 78.2 Å². The highest BCUT2D eigenvalue weighted by Gasteiger charge is 2.46. The van der Waals surface area contributed by atoms with E-state index in [4.69, 9.17) is 9.47 Å². The number of carbonyl (C=O) groups is 10. The predicted octanol–water partition coefficient (Wildman–Crippen LogP) is 8.48. The second-order valence-electron chi connectivity index (χ2n) is 28.0. The van der Waals surface area contributed by atoms with Crippen molar-refractivity contribution in [1.82, 2.24) is 40.3 Å². The maximum Gasteiger partial charge on any atom is 0.410 e. The van der Waals surface area contributed by atoms with E-state index in [1.54, 1.807) is 93.6 Å². The first-order valence-corrected chi connectivity index (χ1v) is 33.6. The molecule has 1 aliphatic heterocycles. The van der Waals surface area contributed by atoms with E-state index in [-0.39, 0.29) is 66.9 Å². The van der Waals surface area contributed by atoms with Gasteiger partial charge in [0.25, 0.3) is 17.7 Å². The van der Waals surface area contributed by atoms with Crippen LogP contribution >= 0.6 is 0 Å². The molecule has 5 N–H and O–H groups in total. The van der Waals surface area contributed by atoms with Gasteiger partial charge in [-0.1, -0.05) is 134 Å². The molecule has 0 saturated heterocycles. The lowest BCUT2D eigenvalue weighted by Gasteiger charge is -2.42. The molecular weight excluding hydrogens is 1220 g/mol. The van der Waals surface area contributed by atoms with Crippen molar-refractivity contribution in [2.24, 2.45) is 11.3 Å². The SMILES string of the molecule is C/C(=C\C(C(C)C)N(C)C(=O)C(NC(=O)C(N(C)C(=O)OC(C)(C)C)C(C)(C)c1ccccc1)C(C)(C)C)C(=O)NS(=O)(=O)Cc1ccc(NC(=O)C(CCCCN(C)C(=O)OC(C)(C)C)NC(=O)C(Cc2ccccc2)NC(=O)CCCCCN2C(=O)C=CC2=O)cc1. The van der Waals surface area contributed by atoms with E-state index < -0.39 is 116 Å². The number of nitrogens with zero attached hydrogens (tertiary/aromatic N) is 4.